The van der Waals surface area contributed by atoms with Gasteiger partial charge in [0.25, 0.3) is 0 Å². The minimum atomic E-state index is 0.264. The number of piperazine rings is 1. The summed E-state index contributed by atoms with van der Waals surface area (Å²) in [6.07, 6.45) is 1.82. The van der Waals surface area contributed by atoms with E-state index in [9.17, 15) is 0 Å². The van der Waals surface area contributed by atoms with Crippen molar-refractivity contribution in [3.63, 3.8) is 0 Å². The maximum atomic E-state index is 4.47. The Morgan fingerprint density at radius 2 is 2.42 bits per heavy atom. The van der Waals surface area contributed by atoms with E-state index in [1.165, 1.54) is 0 Å². The van der Waals surface area contributed by atoms with Crippen molar-refractivity contribution in [2.24, 2.45) is 0 Å². The van der Waals surface area contributed by atoms with Crippen molar-refractivity contribution in [3.8, 4) is 0 Å². The molecule has 3 heteroatoms. The fourth-order valence-electron chi connectivity index (χ4n) is 1.37. The van der Waals surface area contributed by atoms with Crippen LogP contribution in [0.3, 0.4) is 0 Å². The normalized spacial score (nSPS) is 23.8. The van der Waals surface area contributed by atoms with E-state index in [-0.39, 0.29) is 6.04 Å². The van der Waals surface area contributed by atoms with Gasteiger partial charge in [-0.3, -0.25) is 4.98 Å². The summed E-state index contributed by atoms with van der Waals surface area (Å²) in [5, 5.41) is 7.77. The molecule has 2 rings (SSSR count). The zero-order valence-corrected chi connectivity index (χ0v) is 6.90. The summed E-state index contributed by atoms with van der Waals surface area (Å²) < 4.78 is 0. The Morgan fingerprint density at radius 1 is 1.42 bits per heavy atom. The minimum absolute atomic E-state index is 0.264. The summed E-state index contributed by atoms with van der Waals surface area (Å²) in [7, 11) is 0. The molecular formula is C9H12N3. The summed E-state index contributed by atoms with van der Waals surface area (Å²) in [6.45, 7) is 2.83. The van der Waals surface area contributed by atoms with Gasteiger partial charge in [0.15, 0.2) is 0 Å². The lowest BCUT2D eigenvalue weighted by Gasteiger charge is -2.21. The number of nitrogens with zero attached hydrogens (tertiary/aromatic N) is 2. The topological polar surface area (TPSA) is 39.0 Å². The second-order valence-electron chi connectivity index (χ2n) is 2.88. The lowest BCUT2D eigenvalue weighted by atomic mass is 10.1. The third kappa shape index (κ3) is 1.62. The van der Waals surface area contributed by atoms with Crippen molar-refractivity contribution in [3.05, 3.63) is 30.1 Å². The van der Waals surface area contributed by atoms with Crippen LogP contribution in [0.2, 0.25) is 0 Å². The molecule has 0 spiro atoms. The number of rotatable bonds is 1. The molecule has 1 fully saturated rings. The number of aromatic nitrogens is 1. The van der Waals surface area contributed by atoms with Gasteiger partial charge in [0.05, 0.1) is 11.7 Å². The highest BCUT2D eigenvalue weighted by Gasteiger charge is 2.15. The average molecular weight is 162 g/mol. The van der Waals surface area contributed by atoms with E-state index in [4.69, 9.17) is 0 Å². The highest BCUT2D eigenvalue weighted by atomic mass is 15.1. The first kappa shape index (κ1) is 7.71. The van der Waals surface area contributed by atoms with Gasteiger partial charge in [-0.2, -0.15) is 0 Å². The molecule has 1 saturated heterocycles. The third-order valence-corrected chi connectivity index (χ3v) is 2.00. The van der Waals surface area contributed by atoms with Crippen LogP contribution in [0.15, 0.2) is 24.4 Å². The second-order valence-corrected chi connectivity index (χ2v) is 2.88. The first-order valence-electron chi connectivity index (χ1n) is 4.25. The van der Waals surface area contributed by atoms with Gasteiger partial charge in [0.2, 0.25) is 0 Å². The number of nitrogens with one attached hydrogen (secondary N) is 1. The largest absolute Gasteiger partial charge is 0.313 e. The molecule has 0 amide bonds. The average Bonchev–Trinajstić information content (AvgIpc) is 2.21. The van der Waals surface area contributed by atoms with Crippen molar-refractivity contribution >= 4 is 0 Å². The SMILES string of the molecule is c1ccc(C2CNCC[N]2)nc1. The highest BCUT2D eigenvalue weighted by molar-refractivity contribution is 5.09. The minimum Gasteiger partial charge on any atom is -0.313 e. The highest BCUT2D eigenvalue weighted by Crippen LogP contribution is 2.10. The Hall–Kier alpha value is -0.930. The fraction of sp³-hybridized carbons (Fsp3) is 0.444. The summed E-state index contributed by atoms with van der Waals surface area (Å²) in [6, 6.07) is 6.23. The van der Waals surface area contributed by atoms with Crippen LogP contribution in [-0.4, -0.2) is 24.6 Å². The fourth-order valence-corrected chi connectivity index (χ4v) is 1.37. The molecule has 1 radical (unpaired) electrons. The summed E-state index contributed by atoms with van der Waals surface area (Å²) in [4.78, 5) is 4.27. The van der Waals surface area contributed by atoms with Crippen molar-refractivity contribution in [2.45, 2.75) is 6.04 Å². The second kappa shape index (κ2) is 3.65. The molecule has 1 N–H and O–H groups in total. The van der Waals surface area contributed by atoms with E-state index in [1.54, 1.807) is 0 Å². The molecule has 3 nitrogen and oxygen atoms in total. The molecule has 63 valence electrons. The predicted molar refractivity (Wildman–Crippen MR) is 46.8 cm³/mol. The van der Waals surface area contributed by atoms with E-state index in [0.717, 1.165) is 25.3 Å². The standard InChI is InChI=1S/C9H12N3/c1-2-4-11-8(3-1)9-7-10-5-6-12-9/h1-4,9-10H,5-7H2. The Kier molecular flexibility index (Phi) is 2.34. The molecule has 1 aromatic rings. The van der Waals surface area contributed by atoms with E-state index in [0.29, 0.717) is 0 Å². The molecule has 0 aliphatic carbocycles. The van der Waals surface area contributed by atoms with Gasteiger partial charge >= 0.3 is 0 Å². The van der Waals surface area contributed by atoms with Gasteiger partial charge in [0, 0.05) is 25.8 Å². The van der Waals surface area contributed by atoms with Crippen molar-refractivity contribution in [1.29, 1.82) is 0 Å². The predicted octanol–water partition coefficient (Wildman–Crippen LogP) is 0.330. The van der Waals surface area contributed by atoms with Crippen LogP contribution in [-0.2, 0) is 0 Å². The molecule has 1 aliphatic rings. The zero-order chi connectivity index (χ0) is 8.23. The molecule has 1 aliphatic heterocycles. The van der Waals surface area contributed by atoms with Gasteiger partial charge < -0.3 is 5.32 Å². The molecule has 1 aromatic heterocycles. The van der Waals surface area contributed by atoms with Gasteiger partial charge in [0.1, 0.15) is 0 Å². The van der Waals surface area contributed by atoms with Crippen LogP contribution in [0.5, 0.6) is 0 Å². The van der Waals surface area contributed by atoms with Crippen LogP contribution in [0.4, 0.5) is 0 Å². The summed E-state index contributed by atoms with van der Waals surface area (Å²) in [5.74, 6) is 0. The molecular weight excluding hydrogens is 150 g/mol. The van der Waals surface area contributed by atoms with E-state index in [1.807, 2.05) is 24.4 Å². The van der Waals surface area contributed by atoms with Crippen LogP contribution < -0.4 is 10.6 Å². The summed E-state index contributed by atoms with van der Waals surface area (Å²) in [5.41, 5.74) is 1.07. The Labute approximate surface area is 72.2 Å². The molecule has 0 bridgehead atoms. The first-order valence-corrected chi connectivity index (χ1v) is 4.25. The monoisotopic (exact) mass is 162 g/mol. The van der Waals surface area contributed by atoms with E-state index < -0.39 is 0 Å². The smallest absolute Gasteiger partial charge is 0.0792 e. The van der Waals surface area contributed by atoms with Gasteiger partial charge in [-0.1, -0.05) is 6.07 Å². The Morgan fingerprint density at radius 3 is 3.08 bits per heavy atom. The van der Waals surface area contributed by atoms with Gasteiger partial charge in [-0.05, 0) is 12.1 Å². The van der Waals surface area contributed by atoms with Crippen molar-refractivity contribution in [1.82, 2.24) is 15.6 Å². The van der Waals surface area contributed by atoms with Crippen LogP contribution in [0.1, 0.15) is 11.7 Å². The first-order chi connectivity index (χ1) is 5.97. The Balaban J connectivity index is 2.08. The molecule has 1 unspecified atom stereocenters. The van der Waals surface area contributed by atoms with Crippen LogP contribution >= 0.6 is 0 Å². The molecule has 0 saturated carbocycles. The van der Waals surface area contributed by atoms with Gasteiger partial charge in [-0.25, -0.2) is 5.32 Å². The molecule has 0 aromatic carbocycles. The van der Waals surface area contributed by atoms with Crippen molar-refractivity contribution < 1.29 is 0 Å². The number of hydrogen-bond acceptors (Lipinski definition) is 2. The number of pyridine rings is 1. The Bertz CT molecular complexity index is 229. The maximum absolute atomic E-state index is 4.47. The van der Waals surface area contributed by atoms with Crippen LogP contribution in [0, 0.1) is 0 Å². The molecule has 1 atom stereocenters. The zero-order valence-electron chi connectivity index (χ0n) is 6.90. The lowest BCUT2D eigenvalue weighted by Crippen LogP contribution is -2.38. The maximum Gasteiger partial charge on any atom is 0.0792 e. The summed E-state index contributed by atoms with van der Waals surface area (Å²) >= 11 is 0. The molecule has 2 heterocycles. The van der Waals surface area contributed by atoms with Crippen molar-refractivity contribution in [2.75, 3.05) is 19.6 Å². The van der Waals surface area contributed by atoms with Gasteiger partial charge in [-0.15, -0.1) is 0 Å². The lowest BCUT2D eigenvalue weighted by molar-refractivity contribution is 0.414. The third-order valence-electron chi connectivity index (χ3n) is 2.00. The van der Waals surface area contributed by atoms with E-state index in [2.05, 4.69) is 15.6 Å². The number of hydrogen-bond donors (Lipinski definition) is 1. The van der Waals surface area contributed by atoms with E-state index >= 15 is 0 Å². The quantitative estimate of drug-likeness (QED) is 0.646. The van der Waals surface area contributed by atoms with Crippen LogP contribution in [0.25, 0.3) is 0 Å². The molecule has 12 heavy (non-hydrogen) atoms.